The van der Waals surface area contributed by atoms with Crippen molar-refractivity contribution in [3.8, 4) is 55.6 Å². The Morgan fingerprint density at radius 3 is 1.36 bits per heavy atom. The molecule has 76 heavy (non-hydrogen) atoms. The van der Waals surface area contributed by atoms with Crippen LogP contribution in [-0.2, 0) is 27.1 Å². The lowest BCUT2D eigenvalue weighted by Crippen LogP contribution is -2.29. The van der Waals surface area contributed by atoms with Crippen LogP contribution in [0.2, 0.25) is 0 Å². The van der Waals surface area contributed by atoms with Gasteiger partial charge in [-0.25, -0.2) is 0 Å². The van der Waals surface area contributed by atoms with Crippen LogP contribution in [0.3, 0.4) is 0 Å². The Kier molecular flexibility index (Phi) is 10.7. The van der Waals surface area contributed by atoms with Crippen LogP contribution in [0, 0.1) is 0 Å². The van der Waals surface area contributed by atoms with E-state index < -0.39 is 5.41 Å². The topological polar surface area (TPSA) is 3.24 Å². The first-order valence-electron chi connectivity index (χ1n) is 27.4. The summed E-state index contributed by atoms with van der Waals surface area (Å²) in [4.78, 5) is 2.50. The fourth-order valence-electron chi connectivity index (χ4n) is 13.7. The monoisotopic (exact) mass is 982 g/mol. The minimum Gasteiger partial charge on any atom is -0.310 e. The van der Waals surface area contributed by atoms with Crippen molar-refractivity contribution >= 4 is 17.1 Å². The fourth-order valence-corrected chi connectivity index (χ4v) is 13.7. The summed E-state index contributed by atoms with van der Waals surface area (Å²) in [5.41, 5.74) is 28.7. The zero-order valence-corrected chi connectivity index (χ0v) is 45.8. The van der Waals surface area contributed by atoms with Crippen LogP contribution in [0.5, 0.6) is 0 Å². The predicted octanol–water partition coefficient (Wildman–Crippen LogP) is 20.1. The molecule has 13 rings (SSSR count). The average Bonchev–Trinajstić information content (AvgIpc) is 3.95. The van der Waals surface area contributed by atoms with Crippen LogP contribution < -0.4 is 4.90 Å². The molecule has 0 atom stereocenters. The zero-order valence-electron chi connectivity index (χ0n) is 45.8. The second kappa shape index (κ2) is 17.0. The highest BCUT2D eigenvalue weighted by atomic mass is 15.1. The molecule has 0 spiro atoms. The van der Waals surface area contributed by atoms with Gasteiger partial charge in [0.05, 0.1) is 5.41 Å². The van der Waals surface area contributed by atoms with Gasteiger partial charge in [-0.2, -0.15) is 0 Å². The zero-order chi connectivity index (χ0) is 52.5. The summed E-state index contributed by atoms with van der Waals surface area (Å²) < 4.78 is 0. The molecule has 10 aromatic rings. The standard InChI is InChI=1S/C75H67N/c1-71(2,3)51-32-36-53(37-33-51)75(54-38-34-52(35-39-54)72(4,5)6)67-28-16-13-22-60(67)63-44-42-57(47-69(63)75)76(55-40-29-48(30-41-55)49-31-43-62-59-21-11-14-26-65(59)73(7,8)68(62)46-49)56-20-17-19-50(45-56)58-24-18-25-64-61-23-12-15-27-66(61)74(9,10)70(58)64/h11-47H,1-10H3. The molecule has 0 heterocycles. The summed E-state index contributed by atoms with van der Waals surface area (Å²) in [7, 11) is 0. The van der Waals surface area contributed by atoms with Gasteiger partial charge in [-0.1, -0.05) is 251 Å². The van der Waals surface area contributed by atoms with Gasteiger partial charge >= 0.3 is 0 Å². The molecule has 0 N–H and O–H groups in total. The van der Waals surface area contributed by atoms with E-state index in [1.807, 2.05) is 0 Å². The molecular weight excluding hydrogens is 915 g/mol. The quantitative estimate of drug-likeness (QED) is 0.154. The van der Waals surface area contributed by atoms with Crippen LogP contribution in [0.15, 0.2) is 224 Å². The van der Waals surface area contributed by atoms with Crippen LogP contribution in [0.25, 0.3) is 55.6 Å². The molecule has 0 unspecified atom stereocenters. The highest BCUT2D eigenvalue weighted by molar-refractivity contribution is 5.93. The third kappa shape index (κ3) is 7.19. The molecule has 0 bridgehead atoms. The average molecular weight is 982 g/mol. The normalized spacial score (nSPS) is 15.0. The van der Waals surface area contributed by atoms with E-state index in [1.54, 1.807) is 0 Å². The molecule has 0 saturated heterocycles. The van der Waals surface area contributed by atoms with Gasteiger partial charge < -0.3 is 4.90 Å². The highest BCUT2D eigenvalue weighted by Crippen LogP contribution is 2.59. The van der Waals surface area contributed by atoms with Crippen LogP contribution in [0.1, 0.15) is 125 Å². The Bertz CT molecular complexity index is 3870. The van der Waals surface area contributed by atoms with Crippen molar-refractivity contribution in [3.63, 3.8) is 0 Å². The fraction of sp³-hybridized carbons (Fsp3) is 0.200. The molecule has 0 radical (unpaired) electrons. The van der Waals surface area contributed by atoms with Gasteiger partial charge in [0.1, 0.15) is 0 Å². The number of fused-ring (bicyclic) bond motifs is 9. The molecule has 372 valence electrons. The van der Waals surface area contributed by atoms with Crippen molar-refractivity contribution in [1.29, 1.82) is 0 Å². The maximum Gasteiger partial charge on any atom is 0.0714 e. The van der Waals surface area contributed by atoms with E-state index in [0.29, 0.717) is 0 Å². The first-order chi connectivity index (χ1) is 36.5. The van der Waals surface area contributed by atoms with E-state index in [1.165, 1.54) is 111 Å². The third-order valence-corrected chi connectivity index (χ3v) is 17.7. The van der Waals surface area contributed by atoms with Crippen molar-refractivity contribution < 1.29 is 0 Å². The molecule has 0 aliphatic heterocycles. The van der Waals surface area contributed by atoms with Crippen molar-refractivity contribution in [2.24, 2.45) is 0 Å². The Morgan fingerprint density at radius 1 is 0.289 bits per heavy atom. The molecular formula is C75H67N. The minimum atomic E-state index is -0.585. The number of anilines is 3. The minimum absolute atomic E-state index is 0.0197. The van der Waals surface area contributed by atoms with Crippen molar-refractivity contribution in [3.05, 3.63) is 280 Å². The first-order valence-corrected chi connectivity index (χ1v) is 27.4. The highest BCUT2D eigenvalue weighted by Gasteiger charge is 2.47. The van der Waals surface area contributed by atoms with E-state index in [2.05, 4.69) is 299 Å². The van der Waals surface area contributed by atoms with Crippen molar-refractivity contribution in [1.82, 2.24) is 0 Å². The number of hydrogen-bond acceptors (Lipinski definition) is 1. The second-order valence-electron chi connectivity index (χ2n) is 24.9. The van der Waals surface area contributed by atoms with E-state index in [0.717, 1.165) is 17.1 Å². The largest absolute Gasteiger partial charge is 0.310 e. The SMILES string of the molecule is CC(C)(C)c1ccc(C2(c3ccc(C(C)(C)C)cc3)c3ccccc3-c3ccc(N(c4ccc(-c5ccc6c(c5)C(C)(C)c5ccccc5-6)cc4)c4cccc(-c5cccc6c5C(C)(C)c5ccccc5-6)c4)cc32)cc1. The lowest BCUT2D eigenvalue weighted by atomic mass is 9.67. The first kappa shape index (κ1) is 47.7. The second-order valence-corrected chi connectivity index (χ2v) is 24.9. The van der Waals surface area contributed by atoms with E-state index in [-0.39, 0.29) is 21.7 Å². The Morgan fingerprint density at radius 2 is 0.737 bits per heavy atom. The summed E-state index contributed by atoms with van der Waals surface area (Å²) in [6, 6.07) is 86.0. The third-order valence-electron chi connectivity index (χ3n) is 17.7. The van der Waals surface area contributed by atoms with Crippen LogP contribution in [0.4, 0.5) is 17.1 Å². The van der Waals surface area contributed by atoms with Gasteiger partial charge in [-0.3, -0.25) is 0 Å². The molecule has 3 aliphatic carbocycles. The van der Waals surface area contributed by atoms with E-state index >= 15 is 0 Å². The summed E-state index contributed by atoms with van der Waals surface area (Å²) in [5.74, 6) is 0. The molecule has 1 heteroatoms. The van der Waals surface area contributed by atoms with Gasteiger partial charge in [0.25, 0.3) is 0 Å². The van der Waals surface area contributed by atoms with Gasteiger partial charge in [-0.15, -0.1) is 0 Å². The lowest BCUT2D eigenvalue weighted by molar-refractivity contribution is 0.588. The predicted molar refractivity (Wildman–Crippen MR) is 322 cm³/mol. The number of benzene rings is 10. The van der Waals surface area contributed by atoms with Gasteiger partial charge in [0.2, 0.25) is 0 Å². The lowest BCUT2D eigenvalue weighted by Gasteiger charge is -2.36. The Labute approximate surface area is 451 Å². The Balaban J connectivity index is 1.01. The van der Waals surface area contributed by atoms with Crippen LogP contribution in [-0.4, -0.2) is 0 Å². The number of nitrogens with zero attached hydrogens (tertiary/aromatic N) is 1. The smallest absolute Gasteiger partial charge is 0.0714 e. The van der Waals surface area contributed by atoms with Crippen LogP contribution >= 0.6 is 0 Å². The summed E-state index contributed by atoms with van der Waals surface area (Å²) >= 11 is 0. The molecule has 0 saturated carbocycles. The summed E-state index contributed by atoms with van der Waals surface area (Å²) in [5, 5.41) is 0. The van der Waals surface area contributed by atoms with E-state index in [4.69, 9.17) is 0 Å². The molecule has 0 fully saturated rings. The van der Waals surface area contributed by atoms with Gasteiger partial charge in [0.15, 0.2) is 0 Å². The summed E-state index contributed by atoms with van der Waals surface area (Å²) in [6.45, 7) is 23.4. The van der Waals surface area contributed by atoms with E-state index in [9.17, 15) is 0 Å². The maximum absolute atomic E-state index is 2.52. The molecule has 0 amide bonds. The van der Waals surface area contributed by atoms with Gasteiger partial charge in [-0.05, 0) is 165 Å². The number of rotatable bonds is 7. The summed E-state index contributed by atoms with van der Waals surface area (Å²) in [6.07, 6.45) is 0. The maximum atomic E-state index is 2.52. The van der Waals surface area contributed by atoms with Crippen molar-refractivity contribution in [2.75, 3.05) is 4.90 Å². The molecule has 1 nitrogen and oxygen atoms in total. The number of hydrogen-bond donors (Lipinski definition) is 0. The molecule has 0 aromatic heterocycles. The Hall–Kier alpha value is -8.00. The van der Waals surface area contributed by atoms with Gasteiger partial charge in [0, 0.05) is 27.9 Å². The molecule has 10 aromatic carbocycles. The van der Waals surface area contributed by atoms with Crippen molar-refractivity contribution in [2.45, 2.75) is 96.3 Å². The molecule has 3 aliphatic rings.